The van der Waals surface area contributed by atoms with Gasteiger partial charge in [-0.25, -0.2) is 0 Å². The maximum absolute atomic E-state index is 12.4. The molecule has 20 heavy (non-hydrogen) atoms. The summed E-state index contributed by atoms with van der Waals surface area (Å²) in [4.78, 5) is 12.4. The minimum absolute atomic E-state index is 0.348. The molecule has 0 bridgehead atoms. The number of aliphatic hydroxyl groups is 1. The van der Waals surface area contributed by atoms with Crippen LogP contribution in [0.5, 0.6) is 0 Å². The van der Waals surface area contributed by atoms with E-state index in [9.17, 15) is 9.90 Å². The van der Waals surface area contributed by atoms with E-state index in [1.54, 1.807) is 31.2 Å². The van der Waals surface area contributed by atoms with Gasteiger partial charge < -0.3 is 9.84 Å². The first-order chi connectivity index (χ1) is 9.59. The Morgan fingerprint density at radius 2 is 1.55 bits per heavy atom. The normalized spacial score (nSPS) is 15.3. The fraction of sp³-hybridized carbons (Fsp3) is 0.235. The third-order valence-corrected chi connectivity index (χ3v) is 3.60. The molecule has 0 fully saturated rings. The van der Waals surface area contributed by atoms with Crippen LogP contribution in [0.15, 0.2) is 60.7 Å². The fourth-order valence-corrected chi connectivity index (χ4v) is 2.17. The van der Waals surface area contributed by atoms with E-state index in [4.69, 9.17) is 4.74 Å². The van der Waals surface area contributed by atoms with E-state index in [2.05, 4.69) is 0 Å². The zero-order valence-electron chi connectivity index (χ0n) is 11.6. The molecule has 0 aliphatic carbocycles. The first-order valence-corrected chi connectivity index (χ1v) is 6.47. The second-order valence-electron chi connectivity index (χ2n) is 4.81. The van der Waals surface area contributed by atoms with Gasteiger partial charge in [-0.2, -0.15) is 0 Å². The molecule has 0 amide bonds. The number of ether oxygens (including phenoxy) is 1. The summed E-state index contributed by atoms with van der Waals surface area (Å²) in [6, 6.07) is 18.0. The van der Waals surface area contributed by atoms with Crippen molar-refractivity contribution in [3.05, 3.63) is 71.8 Å². The Labute approximate surface area is 118 Å². The molecule has 2 rings (SSSR count). The third-order valence-electron chi connectivity index (χ3n) is 3.60. The summed E-state index contributed by atoms with van der Waals surface area (Å²) in [7, 11) is 1.49. The highest BCUT2D eigenvalue weighted by molar-refractivity contribution is 6.00. The molecular formula is C17H18O3. The Bertz CT molecular complexity index is 565. The van der Waals surface area contributed by atoms with Gasteiger partial charge in [-0.15, -0.1) is 0 Å². The summed E-state index contributed by atoms with van der Waals surface area (Å²) in [6.07, 6.45) is -1.27. The minimum Gasteiger partial charge on any atom is -0.382 e. The van der Waals surface area contributed by atoms with Crippen molar-refractivity contribution in [3.63, 3.8) is 0 Å². The Balaban J connectivity index is 2.34. The van der Waals surface area contributed by atoms with E-state index in [1.165, 1.54) is 7.11 Å². The monoisotopic (exact) mass is 270 g/mol. The van der Waals surface area contributed by atoms with E-state index >= 15 is 0 Å². The van der Waals surface area contributed by atoms with E-state index in [-0.39, 0.29) is 5.78 Å². The SMILES string of the molecule is CO[C@](C)(c1ccccc1)[C@H](O)C(=O)c1ccccc1. The standard InChI is InChI=1S/C17H18O3/c1-17(20-2,14-11-7-4-8-12-14)16(19)15(18)13-9-5-3-6-10-13/h3-12,16,19H,1-2H3/t16-,17-/m1/s1. The Morgan fingerprint density at radius 1 is 1.05 bits per heavy atom. The molecule has 0 spiro atoms. The third kappa shape index (κ3) is 2.64. The molecular weight excluding hydrogens is 252 g/mol. The maximum atomic E-state index is 12.4. The Morgan fingerprint density at radius 3 is 2.05 bits per heavy atom. The van der Waals surface area contributed by atoms with Crippen molar-refractivity contribution < 1.29 is 14.6 Å². The topological polar surface area (TPSA) is 46.5 Å². The van der Waals surface area contributed by atoms with Crippen molar-refractivity contribution in [2.45, 2.75) is 18.6 Å². The number of carbonyl (C=O) groups excluding carboxylic acids is 1. The second-order valence-corrected chi connectivity index (χ2v) is 4.81. The number of rotatable bonds is 5. The van der Waals surface area contributed by atoms with Gasteiger partial charge >= 0.3 is 0 Å². The molecule has 104 valence electrons. The number of carbonyl (C=O) groups is 1. The van der Waals surface area contributed by atoms with Gasteiger partial charge in [-0.1, -0.05) is 60.7 Å². The average molecular weight is 270 g/mol. The molecule has 0 aromatic heterocycles. The predicted octanol–water partition coefficient (Wildman–Crippen LogP) is 2.79. The van der Waals surface area contributed by atoms with Crippen molar-refractivity contribution in [2.75, 3.05) is 7.11 Å². The molecule has 0 aliphatic heterocycles. The van der Waals surface area contributed by atoms with Crippen LogP contribution in [0.4, 0.5) is 0 Å². The van der Waals surface area contributed by atoms with Crippen LogP contribution >= 0.6 is 0 Å². The first kappa shape index (κ1) is 14.4. The van der Waals surface area contributed by atoms with Gasteiger partial charge in [-0.3, -0.25) is 4.79 Å². The van der Waals surface area contributed by atoms with Crippen molar-refractivity contribution in [2.24, 2.45) is 0 Å². The molecule has 0 aliphatic rings. The largest absolute Gasteiger partial charge is 0.382 e. The molecule has 2 aromatic carbocycles. The molecule has 0 heterocycles. The number of benzene rings is 2. The van der Waals surface area contributed by atoms with Crippen LogP contribution in [0, 0.1) is 0 Å². The Hall–Kier alpha value is -1.97. The quantitative estimate of drug-likeness (QED) is 0.850. The molecule has 2 aromatic rings. The van der Waals surface area contributed by atoms with Crippen LogP contribution in [0.25, 0.3) is 0 Å². The number of hydrogen-bond acceptors (Lipinski definition) is 3. The number of methoxy groups -OCH3 is 1. The summed E-state index contributed by atoms with van der Waals surface area (Å²) >= 11 is 0. The average Bonchev–Trinajstić information content (AvgIpc) is 2.54. The highest BCUT2D eigenvalue weighted by atomic mass is 16.5. The summed E-state index contributed by atoms with van der Waals surface area (Å²) in [5.74, 6) is -0.348. The van der Waals surface area contributed by atoms with Gasteiger partial charge in [-0.05, 0) is 12.5 Å². The summed E-state index contributed by atoms with van der Waals surface area (Å²) in [6.45, 7) is 1.72. The molecule has 0 unspecified atom stereocenters. The molecule has 3 heteroatoms. The zero-order chi connectivity index (χ0) is 14.6. The molecule has 0 saturated carbocycles. The lowest BCUT2D eigenvalue weighted by atomic mass is 9.85. The van der Waals surface area contributed by atoms with Gasteiger partial charge in [0, 0.05) is 12.7 Å². The first-order valence-electron chi connectivity index (χ1n) is 6.47. The zero-order valence-corrected chi connectivity index (χ0v) is 11.6. The van der Waals surface area contributed by atoms with Gasteiger partial charge in [0.2, 0.25) is 0 Å². The van der Waals surface area contributed by atoms with E-state index in [0.29, 0.717) is 5.56 Å². The molecule has 0 saturated heterocycles. The number of aliphatic hydroxyl groups excluding tert-OH is 1. The highest BCUT2D eigenvalue weighted by Gasteiger charge is 2.39. The Kier molecular flexibility index (Phi) is 4.32. The highest BCUT2D eigenvalue weighted by Crippen LogP contribution is 2.30. The van der Waals surface area contributed by atoms with Gasteiger partial charge in [0.25, 0.3) is 0 Å². The van der Waals surface area contributed by atoms with Crippen LogP contribution in [-0.4, -0.2) is 24.1 Å². The second kappa shape index (κ2) is 5.99. The van der Waals surface area contributed by atoms with Crippen LogP contribution in [0.1, 0.15) is 22.8 Å². The minimum atomic E-state index is -1.27. The molecule has 0 radical (unpaired) electrons. The smallest absolute Gasteiger partial charge is 0.194 e. The fourth-order valence-electron chi connectivity index (χ4n) is 2.17. The van der Waals surface area contributed by atoms with Crippen LogP contribution in [-0.2, 0) is 10.3 Å². The summed E-state index contributed by atoms with van der Waals surface area (Å²) in [5.41, 5.74) is 0.159. The van der Waals surface area contributed by atoms with Crippen LogP contribution < -0.4 is 0 Å². The van der Waals surface area contributed by atoms with E-state index < -0.39 is 11.7 Å². The van der Waals surface area contributed by atoms with Crippen molar-refractivity contribution in [3.8, 4) is 0 Å². The number of Topliss-reactive ketones (excluding diaryl/α,β-unsaturated/α-hetero) is 1. The number of hydrogen-bond donors (Lipinski definition) is 1. The maximum Gasteiger partial charge on any atom is 0.194 e. The lowest BCUT2D eigenvalue weighted by molar-refractivity contribution is -0.0792. The molecule has 3 nitrogen and oxygen atoms in total. The number of ketones is 1. The van der Waals surface area contributed by atoms with Crippen LogP contribution in [0.2, 0.25) is 0 Å². The van der Waals surface area contributed by atoms with Gasteiger partial charge in [0.1, 0.15) is 11.7 Å². The van der Waals surface area contributed by atoms with Gasteiger partial charge in [0.05, 0.1) is 0 Å². The lowest BCUT2D eigenvalue weighted by Crippen LogP contribution is -2.43. The molecule has 2 atom stereocenters. The van der Waals surface area contributed by atoms with Crippen molar-refractivity contribution >= 4 is 5.78 Å². The lowest BCUT2D eigenvalue weighted by Gasteiger charge is -2.32. The summed E-state index contributed by atoms with van der Waals surface area (Å²) < 4.78 is 5.46. The molecule has 1 N–H and O–H groups in total. The predicted molar refractivity (Wildman–Crippen MR) is 77.6 cm³/mol. The van der Waals surface area contributed by atoms with Crippen LogP contribution in [0.3, 0.4) is 0 Å². The van der Waals surface area contributed by atoms with Gasteiger partial charge in [0.15, 0.2) is 5.78 Å². The van der Waals surface area contributed by atoms with Crippen molar-refractivity contribution in [1.82, 2.24) is 0 Å². The van der Waals surface area contributed by atoms with E-state index in [1.807, 2.05) is 36.4 Å². The summed E-state index contributed by atoms with van der Waals surface area (Å²) in [5, 5.41) is 10.5. The van der Waals surface area contributed by atoms with Crippen molar-refractivity contribution in [1.29, 1.82) is 0 Å². The van der Waals surface area contributed by atoms with E-state index in [0.717, 1.165) is 5.56 Å².